The van der Waals surface area contributed by atoms with E-state index in [1.165, 1.54) is 0 Å². The Kier molecular flexibility index (Phi) is 4.93. The van der Waals surface area contributed by atoms with Gasteiger partial charge in [0.2, 0.25) is 0 Å². The number of ether oxygens (including phenoxy) is 2. The summed E-state index contributed by atoms with van der Waals surface area (Å²) in [6, 6.07) is 5.84. The molecule has 2 nitrogen and oxygen atoms in total. The summed E-state index contributed by atoms with van der Waals surface area (Å²) in [6.45, 7) is 4.81. The molecule has 3 atom stereocenters. The average molecular weight is 334 g/mol. The minimum absolute atomic E-state index is 0.139. The Morgan fingerprint density at radius 3 is 2.78 bits per heavy atom. The maximum Gasteiger partial charge on any atom is 0.127 e. The van der Waals surface area contributed by atoms with Crippen LogP contribution in [0.4, 0.5) is 0 Å². The third-order valence-electron chi connectivity index (χ3n) is 3.23. The first-order chi connectivity index (χ1) is 8.65. The van der Waals surface area contributed by atoms with Gasteiger partial charge in [-0.05, 0) is 37.1 Å². The fourth-order valence-corrected chi connectivity index (χ4v) is 3.23. The first-order valence-electron chi connectivity index (χ1n) is 6.36. The largest absolute Gasteiger partial charge is 0.488 e. The van der Waals surface area contributed by atoms with E-state index in [9.17, 15) is 0 Å². The van der Waals surface area contributed by atoms with Gasteiger partial charge in [-0.2, -0.15) is 0 Å². The molecular formula is C14H18BrClO2. The van der Waals surface area contributed by atoms with Gasteiger partial charge in [-0.1, -0.05) is 34.5 Å². The van der Waals surface area contributed by atoms with Crippen molar-refractivity contribution in [3.05, 3.63) is 28.8 Å². The van der Waals surface area contributed by atoms with E-state index < -0.39 is 0 Å². The standard InChI is InChI=1S/C14H18BrClO2/c1-3-9-7-10(5-6-12(9)16)18-13-8-11(15)14(13)17-4-2/h5-7,11,13-14H,3-4,8H2,1-2H3. The molecule has 1 saturated carbocycles. The first kappa shape index (κ1) is 14.2. The van der Waals surface area contributed by atoms with Gasteiger partial charge in [0.05, 0.1) is 0 Å². The summed E-state index contributed by atoms with van der Waals surface area (Å²) in [6.07, 6.45) is 2.18. The highest BCUT2D eigenvalue weighted by Crippen LogP contribution is 2.35. The molecule has 100 valence electrons. The maximum atomic E-state index is 6.09. The summed E-state index contributed by atoms with van der Waals surface area (Å²) >= 11 is 9.69. The lowest BCUT2D eigenvalue weighted by Gasteiger charge is -2.40. The van der Waals surface area contributed by atoms with Crippen molar-refractivity contribution in [2.75, 3.05) is 6.61 Å². The molecular weight excluding hydrogens is 316 g/mol. The Balaban J connectivity index is 2.01. The van der Waals surface area contributed by atoms with Gasteiger partial charge >= 0.3 is 0 Å². The number of rotatable bonds is 5. The molecule has 0 amide bonds. The Morgan fingerprint density at radius 2 is 2.17 bits per heavy atom. The van der Waals surface area contributed by atoms with Crippen LogP contribution < -0.4 is 4.74 Å². The number of halogens is 2. The predicted octanol–water partition coefficient (Wildman–Crippen LogP) is 4.22. The average Bonchev–Trinajstić information content (AvgIpc) is 2.37. The Bertz CT molecular complexity index is 411. The molecule has 0 aromatic heterocycles. The molecule has 1 aromatic carbocycles. The number of hydrogen-bond donors (Lipinski definition) is 0. The molecule has 2 rings (SSSR count). The number of hydrogen-bond acceptors (Lipinski definition) is 2. The van der Waals surface area contributed by atoms with Gasteiger partial charge in [0.25, 0.3) is 0 Å². The molecule has 0 bridgehead atoms. The van der Waals surface area contributed by atoms with E-state index in [1.54, 1.807) is 0 Å². The minimum Gasteiger partial charge on any atom is -0.488 e. The second kappa shape index (κ2) is 6.27. The summed E-state index contributed by atoms with van der Waals surface area (Å²) in [5.74, 6) is 0.880. The monoisotopic (exact) mass is 332 g/mol. The predicted molar refractivity (Wildman–Crippen MR) is 78.0 cm³/mol. The lowest BCUT2D eigenvalue weighted by atomic mass is 9.91. The molecule has 0 radical (unpaired) electrons. The van der Waals surface area contributed by atoms with Crippen LogP contribution >= 0.6 is 27.5 Å². The van der Waals surface area contributed by atoms with Gasteiger partial charge in [-0.15, -0.1) is 0 Å². The van der Waals surface area contributed by atoms with Gasteiger partial charge in [-0.25, -0.2) is 0 Å². The van der Waals surface area contributed by atoms with Crippen molar-refractivity contribution in [2.45, 2.75) is 43.7 Å². The summed E-state index contributed by atoms with van der Waals surface area (Å²) in [5.41, 5.74) is 1.12. The minimum atomic E-state index is 0.139. The Hall–Kier alpha value is -0.250. The number of alkyl halides is 1. The lowest BCUT2D eigenvalue weighted by molar-refractivity contribution is -0.0723. The van der Waals surface area contributed by atoms with E-state index in [4.69, 9.17) is 21.1 Å². The fraction of sp³-hybridized carbons (Fsp3) is 0.571. The van der Waals surface area contributed by atoms with E-state index >= 15 is 0 Å². The summed E-state index contributed by atoms with van der Waals surface area (Å²) < 4.78 is 11.6. The topological polar surface area (TPSA) is 18.5 Å². The van der Waals surface area contributed by atoms with E-state index in [0.717, 1.165) is 29.2 Å². The van der Waals surface area contributed by atoms with Crippen molar-refractivity contribution in [3.8, 4) is 5.75 Å². The van der Waals surface area contributed by atoms with Gasteiger partial charge in [0.1, 0.15) is 18.0 Å². The van der Waals surface area contributed by atoms with Crippen LogP contribution in [0, 0.1) is 0 Å². The normalized spacial score (nSPS) is 26.8. The van der Waals surface area contributed by atoms with E-state index in [1.807, 2.05) is 25.1 Å². The van der Waals surface area contributed by atoms with Crippen LogP contribution in [0.25, 0.3) is 0 Å². The third kappa shape index (κ3) is 3.01. The molecule has 18 heavy (non-hydrogen) atoms. The highest BCUT2D eigenvalue weighted by atomic mass is 79.9. The summed E-state index contributed by atoms with van der Waals surface area (Å²) in [4.78, 5) is 0.403. The quantitative estimate of drug-likeness (QED) is 0.751. The second-order valence-electron chi connectivity index (χ2n) is 4.43. The van der Waals surface area contributed by atoms with Crippen LogP contribution in [0.5, 0.6) is 5.75 Å². The second-order valence-corrected chi connectivity index (χ2v) is 6.02. The molecule has 1 aliphatic carbocycles. The SMILES string of the molecule is CCOC1C(Br)CC1Oc1ccc(Cl)c(CC)c1. The molecule has 3 unspecified atom stereocenters. The number of benzene rings is 1. The van der Waals surface area contributed by atoms with E-state index in [2.05, 4.69) is 22.9 Å². The molecule has 0 N–H and O–H groups in total. The van der Waals surface area contributed by atoms with Crippen LogP contribution in [-0.2, 0) is 11.2 Å². The molecule has 1 fully saturated rings. The molecule has 0 aliphatic heterocycles. The van der Waals surface area contributed by atoms with Crippen molar-refractivity contribution >= 4 is 27.5 Å². The van der Waals surface area contributed by atoms with Crippen molar-refractivity contribution in [1.29, 1.82) is 0 Å². The molecule has 0 heterocycles. The van der Waals surface area contributed by atoms with Crippen molar-refractivity contribution in [3.63, 3.8) is 0 Å². The first-order valence-corrected chi connectivity index (χ1v) is 7.65. The molecule has 4 heteroatoms. The van der Waals surface area contributed by atoms with Crippen LogP contribution in [0.15, 0.2) is 18.2 Å². The van der Waals surface area contributed by atoms with Crippen molar-refractivity contribution < 1.29 is 9.47 Å². The van der Waals surface area contributed by atoms with Crippen LogP contribution in [0.2, 0.25) is 5.02 Å². The zero-order valence-electron chi connectivity index (χ0n) is 10.7. The third-order valence-corrected chi connectivity index (χ3v) is 4.49. The zero-order chi connectivity index (χ0) is 13.1. The van der Waals surface area contributed by atoms with E-state index in [0.29, 0.717) is 11.4 Å². The molecule has 1 aliphatic rings. The highest BCUT2D eigenvalue weighted by Gasteiger charge is 2.42. The van der Waals surface area contributed by atoms with Crippen molar-refractivity contribution in [1.82, 2.24) is 0 Å². The lowest BCUT2D eigenvalue weighted by Crippen LogP contribution is -2.52. The number of aryl methyl sites for hydroxylation is 1. The smallest absolute Gasteiger partial charge is 0.127 e. The van der Waals surface area contributed by atoms with E-state index in [-0.39, 0.29) is 12.2 Å². The zero-order valence-corrected chi connectivity index (χ0v) is 13.0. The molecule has 0 spiro atoms. The molecule has 0 saturated heterocycles. The van der Waals surface area contributed by atoms with Gasteiger partial charge < -0.3 is 9.47 Å². The van der Waals surface area contributed by atoms with Gasteiger partial charge in [0, 0.05) is 22.9 Å². The van der Waals surface area contributed by atoms with Crippen LogP contribution in [0.3, 0.4) is 0 Å². The maximum absolute atomic E-state index is 6.09. The van der Waals surface area contributed by atoms with Crippen LogP contribution in [0.1, 0.15) is 25.8 Å². The molecule has 1 aromatic rings. The summed E-state index contributed by atoms with van der Waals surface area (Å²) in [7, 11) is 0. The Labute approximate surface area is 122 Å². The summed E-state index contributed by atoms with van der Waals surface area (Å²) in [5, 5.41) is 0.804. The highest BCUT2D eigenvalue weighted by molar-refractivity contribution is 9.09. The van der Waals surface area contributed by atoms with Crippen LogP contribution in [-0.4, -0.2) is 23.6 Å². The van der Waals surface area contributed by atoms with Crippen molar-refractivity contribution in [2.24, 2.45) is 0 Å². The fourth-order valence-electron chi connectivity index (χ4n) is 2.12. The van der Waals surface area contributed by atoms with Gasteiger partial charge in [-0.3, -0.25) is 0 Å². The van der Waals surface area contributed by atoms with Gasteiger partial charge in [0.15, 0.2) is 0 Å². The Morgan fingerprint density at radius 1 is 1.39 bits per heavy atom.